The van der Waals surface area contributed by atoms with Gasteiger partial charge in [0.25, 0.3) is 5.91 Å². The molecule has 3 N–H and O–H groups in total. The number of carbonyl (C=O) groups excluding carboxylic acids is 3. The van der Waals surface area contributed by atoms with Crippen LogP contribution in [0.4, 0.5) is 0 Å². The maximum atomic E-state index is 14.0. The van der Waals surface area contributed by atoms with E-state index >= 15 is 0 Å². The summed E-state index contributed by atoms with van der Waals surface area (Å²) in [5, 5.41) is 9.34. The van der Waals surface area contributed by atoms with Crippen molar-refractivity contribution in [3.8, 4) is 5.75 Å². The van der Waals surface area contributed by atoms with E-state index < -0.39 is 11.6 Å². The quantitative estimate of drug-likeness (QED) is 0.238. The maximum absolute atomic E-state index is 14.0. The molecule has 3 fully saturated rings. The third-order valence-electron chi connectivity index (χ3n) is 10.1. The minimum Gasteiger partial charge on any atom is -0.494 e. The Morgan fingerprint density at radius 1 is 0.957 bits per heavy atom. The Bertz CT molecular complexity index is 1280. The second-order valence-electron chi connectivity index (χ2n) is 13.7. The van der Waals surface area contributed by atoms with Crippen LogP contribution < -0.4 is 20.7 Å². The molecule has 3 amide bonds. The molecular formula is C38H54N4O5. The van der Waals surface area contributed by atoms with Crippen molar-refractivity contribution in [2.45, 2.75) is 89.1 Å². The number of ether oxygens (including phenoxy) is 2. The Morgan fingerprint density at radius 3 is 2.43 bits per heavy atom. The van der Waals surface area contributed by atoms with Crippen molar-refractivity contribution in [1.29, 1.82) is 0 Å². The number of benzene rings is 2. The van der Waals surface area contributed by atoms with Gasteiger partial charge in [0, 0.05) is 38.3 Å². The average molecular weight is 647 g/mol. The normalized spacial score (nSPS) is 19.5. The molecule has 2 aromatic rings. The molecule has 0 radical (unpaired) electrons. The summed E-state index contributed by atoms with van der Waals surface area (Å²) < 4.78 is 11.3. The topological polar surface area (TPSA) is 109 Å². The van der Waals surface area contributed by atoms with Crippen LogP contribution in [0.2, 0.25) is 0 Å². The standard InChI is InChI=1S/C38H54N4O5/c1-2-3-22-47-33-13-9-12-32(26-33)35(43)41-38(18-7-8-19-38)37(45)40-34(25-29-10-5-4-6-11-29)36(44)39-27-30-14-20-42(21-15-30)28-31-16-23-46-24-17-31/h4-6,9-13,26,30-31,34H,2-3,7-8,14-25,27-28H2,1H3,(H,39,44)(H,40,45)(H,41,43)/t34-/m1/s1. The lowest BCUT2D eigenvalue weighted by Gasteiger charge is -2.35. The largest absolute Gasteiger partial charge is 0.494 e. The van der Waals surface area contributed by atoms with Crippen LogP contribution in [0, 0.1) is 11.8 Å². The first-order valence-corrected chi connectivity index (χ1v) is 17.9. The van der Waals surface area contributed by atoms with Crippen LogP contribution in [-0.4, -0.2) is 80.2 Å². The molecular weight excluding hydrogens is 592 g/mol. The molecule has 1 atom stereocenters. The summed E-state index contributed by atoms with van der Waals surface area (Å²) in [6.07, 6.45) is 9.47. The van der Waals surface area contributed by atoms with Gasteiger partial charge in [-0.15, -0.1) is 0 Å². The fourth-order valence-corrected chi connectivity index (χ4v) is 7.13. The molecule has 2 aromatic carbocycles. The maximum Gasteiger partial charge on any atom is 0.252 e. The summed E-state index contributed by atoms with van der Waals surface area (Å²) in [5.41, 5.74) is 0.358. The molecule has 9 heteroatoms. The Balaban J connectivity index is 1.19. The summed E-state index contributed by atoms with van der Waals surface area (Å²) in [7, 11) is 0. The van der Waals surface area contributed by atoms with Crippen LogP contribution in [0.3, 0.4) is 0 Å². The summed E-state index contributed by atoms with van der Waals surface area (Å²) in [4.78, 5) is 43.8. The third kappa shape index (κ3) is 10.3. The minimum absolute atomic E-state index is 0.178. The zero-order chi connectivity index (χ0) is 32.9. The van der Waals surface area contributed by atoms with Gasteiger partial charge in [-0.05, 0) is 93.6 Å². The Kier molecular flexibility index (Phi) is 13.1. The Labute approximate surface area is 280 Å². The monoisotopic (exact) mass is 646 g/mol. The zero-order valence-corrected chi connectivity index (χ0v) is 28.1. The SMILES string of the molecule is CCCCOc1cccc(C(=O)NC2(C(=O)N[C@H](Cc3ccccc3)C(=O)NCC3CCN(CC4CCOCC4)CC3)CCCC2)c1. The molecule has 3 aliphatic rings. The van der Waals surface area contributed by atoms with Crippen LogP contribution in [-0.2, 0) is 20.7 Å². The van der Waals surface area contributed by atoms with E-state index in [1.54, 1.807) is 18.2 Å². The van der Waals surface area contributed by atoms with Crippen molar-refractivity contribution < 1.29 is 23.9 Å². The number of nitrogens with one attached hydrogen (secondary N) is 3. The fourth-order valence-electron chi connectivity index (χ4n) is 7.13. The first kappa shape index (κ1) is 34.9. The molecule has 1 saturated carbocycles. The smallest absolute Gasteiger partial charge is 0.252 e. The van der Waals surface area contributed by atoms with Gasteiger partial charge in [-0.1, -0.05) is 62.6 Å². The number of amides is 3. The molecule has 0 spiro atoms. The van der Waals surface area contributed by atoms with E-state index in [-0.39, 0.29) is 17.7 Å². The second kappa shape index (κ2) is 17.6. The number of hydrogen-bond donors (Lipinski definition) is 3. The number of nitrogens with zero attached hydrogens (tertiary/aromatic N) is 1. The van der Waals surface area contributed by atoms with Gasteiger partial charge in [-0.25, -0.2) is 0 Å². The van der Waals surface area contributed by atoms with E-state index in [2.05, 4.69) is 27.8 Å². The number of carbonyl (C=O) groups is 3. The molecule has 0 bridgehead atoms. The molecule has 2 heterocycles. The molecule has 2 aliphatic heterocycles. The first-order valence-electron chi connectivity index (χ1n) is 17.9. The summed E-state index contributed by atoms with van der Waals surface area (Å²) in [6.45, 7) is 8.30. The molecule has 256 valence electrons. The number of unbranched alkanes of at least 4 members (excludes halogenated alkanes) is 1. The van der Waals surface area contributed by atoms with Gasteiger partial charge in [0.1, 0.15) is 17.3 Å². The van der Waals surface area contributed by atoms with Crippen LogP contribution in [0.25, 0.3) is 0 Å². The Morgan fingerprint density at radius 2 is 1.70 bits per heavy atom. The van der Waals surface area contributed by atoms with Gasteiger partial charge in [0.15, 0.2) is 0 Å². The van der Waals surface area contributed by atoms with Crippen molar-refractivity contribution in [1.82, 2.24) is 20.9 Å². The van der Waals surface area contributed by atoms with Gasteiger partial charge >= 0.3 is 0 Å². The summed E-state index contributed by atoms with van der Waals surface area (Å²) in [6, 6.07) is 16.1. The van der Waals surface area contributed by atoms with Crippen molar-refractivity contribution in [2.24, 2.45) is 11.8 Å². The van der Waals surface area contributed by atoms with E-state index in [1.807, 2.05) is 36.4 Å². The third-order valence-corrected chi connectivity index (χ3v) is 10.1. The average Bonchev–Trinajstić information content (AvgIpc) is 3.58. The highest BCUT2D eigenvalue weighted by atomic mass is 16.5. The molecule has 0 aromatic heterocycles. The summed E-state index contributed by atoms with van der Waals surface area (Å²) in [5.74, 6) is 1.00. The highest BCUT2D eigenvalue weighted by Crippen LogP contribution is 2.31. The van der Waals surface area contributed by atoms with Gasteiger partial charge in [-0.2, -0.15) is 0 Å². The number of hydrogen-bond acceptors (Lipinski definition) is 6. The molecule has 9 nitrogen and oxygen atoms in total. The van der Waals surface area contributed by atoms with Gasteiger partial charge in [-0.3, -0.25) is 14.4 Å². The zero-order valence-electron chi connectivity index (χ0n) is 28.1. The predicted octanol–water partition coefficient (Wildman–Crippen LogP) is 4.89. The van der Waals surface area contributed by atoms with Crippen molar-refractivity contribution in [2.75, 3.05) is 46.0 Å². The lowest BCUT2D eigenvalue weighted by Crippen LogP contribution is -2.61. The number of rotatable bonds is 15. The van der Waals surface area contributed by atoms with Crippen LogP contribution in [0.1, 0.15) is 87.1 Å². The predicted molar refractivity (Wildman–Crippen MR) is 183 cm³/mol. The van der Waals surface area contributed by atoms with Gasteiger partial charge in [0.05, 0.1) is 6.61 Å². The second-order valence-corrected chi connectivity index (χ2v) is 13.7. The highest BCUT2D eigenvalue weighted by Gasteiger charge is 2.44. The van der Waals surface area contributed by atoms with Crippen molar-refractivity contribution in [3.63, 3.8) is 0 Å². The lowest BCUT2D eigenvalue weighted by molar-refractivity contribution is -0.132. The molecule has 5 rings (SSSR count). The highest BCUT2D eigenvalue weighted by molar-refractivity contribution is 6.00. The van der Waals surface area contributed by atoms with E-state index in [0.29, 0.717) is 49.6 Å². The molecule has 47 heavy (non-hydrogen) atoms. The Hall–Kier alpha value is -3.43. The first-order chi connectivity index (χ1) is 22.9. The fraction of sp³-hybridized carbons (Fsp3) is 0.605. The van der Waals surface area contributed by atoms with E-state index in [1.165, 1.54) is 0 Å². The van der Waals surface area contributed by atoms with Crippen LogP contribution in [0.5, 0.6) is 5.75 Å². The van der Waals surface area contributed by atoms with Gasteiger partial charge in [0.2, 0.25) is 11.8 Å². The minimum atomic E-state index is -1.07. The van der Waals surface area contributed by atoms with E-state index in [4.69, 9.17) is 9.47 Å². The van der Waals surface area contributed by atoms with Crippen LogP contribution in [0.15, 0.2) is 54.6 Å². The number of piperidine rings is 1. The van der Waals surface area contributed by atoms with Crippen molar-refractivity contribution in [3.05, 3.63) is 65.7 Å². The summed E-state index contributed by atoms with van der Waals surface area (Å²) >= 11 is 0. The van der Waals surface area contributed by atoms with Crippen LogP contribution >= 0.6 is 0 Å². The molecule has 1 aliphatic carbocycles. The lowest BCUT2D eigenvalue weighted by atomic mass is 9.93. The van der Waals surface area contributed by atoms with E-state index in [9.17, 15) is 14.4 Å². The van der Waals surface area contributed by atoms with E-state index in [0.717, 1.165) is 95.7 Å². The molecule has 2 saturated heterocycles. The van der Waals surface area contributed by atoms with Gasteiger partial charge < -0.3 is 30.3 Å². The number of likely N-dealkylation sites (tertiary alicyclic amines) is 1. The van der Waals surface area contributed by atoms with Crippen molar-refractivity contribution >= 4 is 17.7 Å². The molecule has 0 unspecified atom stereocenters.